The minimum absolute atomic E-state index is 0.0590. The molecule has 5 heteroatoms. The molecular weight excluding hydrogens is 601 g/mol. The van der Waals surface area contributed by atoms with Crippen LogP contribution in [-0.2, 0) is 26.4 Å². The van der Waals surface area contributed by atoms with E-state index in [0.717, 1.165) is 63.0 Å². The van der Waals surface area contributed by atoms with Gasteiger partial charge in [-0.1, -0.05) is 67.5 Å². The summed E-state index contributed by atoms with van der Waals surface area (Å²) in [5.74, 6) is 1.22. The Morgan fingerprint density at radius 2 is 1.00 bits per heavy atom. The Balaban J connectivity index is 1.24. The van der Waals surface area contributed by atoms with E-state index in [2.05, 4.69) is 113 Å². The lowest BCUT2D eigenvalue weighted by Gasteiger charge is -2.48. The van der Waals surface area contributed by atoms with E-state index >= 15 is 0 Å². The average molecular weight is 651 g/mol. The van der Waals surface area contributed by atoms with Crippen LogP contribution in [0.15, 0.2) is 71.4 Å². The molecular formula is C44H50N4O. The van der Waals surface area contributed by atoms with Gasteiger partial charge in [0.1, 0.15) is 11.5 Å². The van der Waals surface area contributed by atoms with E-state index in [-0.39, 0.29) is 27.4 Å². The van der Waals surface area contributed by atoms with Gasteiger partial charge in [0.25, 0.3) is 5.70 Å². The number of hydrogen-bond donors (Lipinski definition) is 0. The highest BCUT2D eigenvalue weighted by atomic mass is 16.5. The molecule has 252 valence electrons. The largest absolute Gasteiger partial charge is 0.457 e. The van der Waals surface area contributed by atoms with E-state index in [1.807, 2.05) is 24.3 Å². The lowest BCUT2D eigenvalue weighted by molar-refractivity contribution is 0.332. The van der Waals surface area contributed by atoms with Crippen molar-refractivity contribution in [2.24, 2.45) is 0 Å². The van der Waals surface area contributed by atoms with Gasteiger partial charge in [0.15, 0.2) is 0 Å². The van der Waals surface area contributed by atoms with Crippen molar-refractivity contribution in [3.8, 4) is 6.07 Å². The van der Waals surface area contributed by atoms with Crippen molar-refractivity contribution in [2.45, 2.75) is 103 Å². The van der Waals surface area contributed by atoms with Gasteiger partial charge in [-0.25, -0.2) is 10.1 Å². The highest BCUT2D eigenvalue weighted by Crippen LogP contribution is 2.51. The van der Waals surface area contributed by atoms with Gasteiger partial charge in [0, 0.05) is 37.6 Å². The number of nitrogens with zero attached hydrogens (tertiary/aromatic N) is 4. The molecule has 7 rings (SSSR count). The van der Waals surface area contributed by atoms with Gasteiger partial charge >= 0.3 is 0 Å². The standard InChI is InChI=1S/C44H50N4O/c1-41(2)14-18-47-19-15-42(3,4)35-23-29(22-34(41)39(35)47)10-12-32-26-31(38(28-45)46-9)27-33(49-32)13-11-30-24-36-40-37(25-30)44(7,8)17-21-48(40)20-16-43(36,5)6/h10-13,22-27H,14-21H2,1-8H3. The van der Waals surface area contributed by atoms with Crippen LogP contribution in [0.1, 0.15) is 114 Å². The summed E-state index contributed by atoms with van der Waals surface area (Å²) >= 11 is 0. The zero-order valence-electron chi connectivity index (χ0n) is 30.6. The van der Waals surface area contributed by atoms with E-state index in [4.69, 9.17) is 11.3 Å². The van der Waals surface area contributed by atoms with Gasteiger partial charge in [0.05, 0.1) is 12.6 Å². The molecule has 0 spiro atoms. The van der Waals surface area contributed by atoms with E-state index in [9.17, 15) is 5.26 Å². The van der Waals surface area contributed by atoms with Crippen LogP contribution in [0.25, 0.3) is 17.0 Å². The van der Waals surface area contributed by atoms with E-state index in [0.29, 0.717) is 17.1 Å². The number of nitriles is 1. The molecule has 0 unspecified atom stereocenters. The molecule has 0 N–H and O–H groups in total. The molecule has 2 aromatic rings. The highest BCUT2D eigenvalue weighted by Gasteiger charge is 2.41. The number of rotatable bonds is 4. The van der Waals surface area contributed by atoms with Crippen LogP contribution in [-0.4, -0.2) is 26.2 Å². The molecule has 49 heavy (non-hydrogen) atoms. The zero-order chi connectivity index (χ0) is 34.9. The number of allylic oxidation sites excluding steroid dienone is 6. The lowest BCUT2D eigenvalue weighted by atomic mass is 9.69. The summed E-state index contributed by atoms with van der Waals surface area (Å²) in [6.07, 6.45) is 16.4. The highest BCUT2D eigenvalue weighted by molar-refractivity contribution is 5.74. The molecule has 0 atom stereocenters. The number of benzene rings is 2. The monoisotopic (exact) mass is 650 g/mol. The van der Waals surface area contributed by atoms with Gasteiger partial charge in [-0.05, 0) is 135 Å². The van der Waals surface area contributed by atoms with Gasteiger partial charge in [-0.2, -0.15) is 0 Å². The summed E-state index contributed by atoms with van der Waals surface area (Å²) in [5.41, 5.74) is 11.9. The van der Waals surface area contributed by atoms with Crippen molar-refractivity contribution in [1.29, 1.82) is 5.26 Å². The molecule has 0 bridgehead atoms. The molecule has 5 aliphatic rings. The van der Waals surface area contributed by atoms with E-state index in [1.165, 1.54) is 33.6 Å². The molecule has 0 aromatic heterocycles. The predicted molar refractivity (Wildman–Crippen MR) is 202 cm³/mol. The molecule has 0 amide bonds. The summed E-state index contributed by atoms with van der Waals surface area (Å²) < 4.78 is 6.44. The summed E-state index contributed by atoms with van der Waals surface area (Å²) in [7, 11) is 0. The van der Waals surface area contributed by atoms with Crippen LogP contribution in [0.5, 0.6) is 0 Å². The maximum Gasteiger partial charge on any atom is 0.269 e. The fourth-order valence-electron chi connectivity index (χ4n) is 8.47. The Morgan fingerprint density at radius 3 is 1.31 bits per heavy atom. The Morgan fingerprint density at radius 1 is 0.653 bits per heavy atom. The van der Waals surface area contributed by atoms with Crippen LogP contribution in [0.3, 0.4) is 0 Å². The second-order valence-corrected chi connectivity index (χ2v) is 17.3. The van der Waals surface area contributed by atoms with Crippen LogP contribution in [0.4, 0.5) is 11.4 Å². The Bertz CT molecular complexity index is 1760. The van der Waals surface area contributed by atoms with Crippen molar-refractivity contribution in [2.75, 3.05) is 36.0 Å². The van der Waals surface area contributed by atoms with E-state index < -0.39 is 0 Å². The predicted octanol–water partition coefficient (Wildman–Crippen LogP) is 10.2. The zero-order valence-corrected chi connectivity index (χ0v) is 30.6. The Hall–Kier alpha value is -4.48. The summed E-state index contributed by atoms with van der Waals surface area (Å²) in [4.78, 5) is 8.71. The van der Waals surface area contributed by atoms with Crippen molar-refractivity contribution in [3.05, 3.63) is 116 Å². The summed E-state index contributed by atoms with van der Waals surface area (Å²) in [5, 5.41) is 9.79. The Kier molecular flexibility index (Phi) is 7.79. The number of ether oxygens (including phenoxy) is 1. The van der Waals surface area contributed by atoms with Crippen LogP contribution >= 0.6 is 0 Å². The third kappa shape index (κ3) is 5.82. The van der Waals surface area contributed by atoms with E-state index in [1.54, 1.807) is 0 Å². The molecule has 0 radical (unpaired) electrons. The molecule has 5 aliphatic heterocycles. The van der Waals surface area contributed by atoms with Gasteiger partial charge in [0.2, 0.25) is 0 Å². The molecule has 5 nitrogen and oxygen atoms in total. The quantitative estimate of drug-likeness (QED) is 0.244. The normalized spacial score (nSPS) is 22.4. The molecule has 5 heterocycles. The van der Waals surface area contributed by atoms with Crippen LogP contribution in [0, 0.1) is 17.9 Å². The first-order valence-corrected chi connectivity index (χ1v) is 18.0. The maximum atomic E-state index is 9.79. The first-order chi connectivity index (χ1) is 23.1. The van der Waals surface area contributed by atoms with Crippen LogP contribution in [0.2, 0.25) is 0 Å². The van der Waals surface area contributed by atoms with Gasteiger partial charge in [-0.15, -0.1) is 0 Å². The third-order valence-electron chi connectivity index (χ3n) is 12.0. The number of anilines is 2. The van der Waals surface area contributed by atoms with Gasteiger partial charge in [-0.3, -0.25) is 0 Å². The molecule has 0 saturated carbocycles. The van der Waals surface area contributed by atoms with Crippen LogP contribution < -0.4 is 9.80 Å². The fraction of sp³-hybridized carbons (Fsp3) is 0.455. The molecule has 0 aliphatic carbocycles. The lowest BCUT2D eigenvalue weighted by Crippen LogP contribution is -2.44. The first kappa shape index (κ1) is 33.0. The first-order valence-electron chi connectivity index (χ1n) is 18.0. The minimum atomic E-state index is 0.0590. The summed E-state index contributed by atoms with van der Waals surface area (Å²) in [6.45, 7) is 31.0. The fourth-order valence-corrected chi connectivity index (χ4v) is 8.47. The second-order valence-electron chi connectivity index (χ2n) is 17.3. The van der Waals surface area contributed by atoms with Crippen molar-refractivity contribution in [3.63, 3.8) is 0 Å². The number of hydrogen-bond acceptors (Lipinski definition) is 4. The Labute approximate surface area is 293 Å². The minimum Gasteiger partial charge on any atom is -0.457 e. The molecule has 0 saturated heterocycles. The van der Waals surface area contributed by atoms with Crippen molar-refractivity contribution < 1.29 is 4.74 Å². The topological polar surface area (TPSA) is 43.9 Å². The second kappa shape index (κ2) is 11.6. The molecule has 0 fully saturated rings. The van der Waals surface area contributed by atoms with Crippen molar-refractivity contribution >= 4 is 23.5 Å². The third-order valence-corrected chi connectivity index (χ3v) is 12.0. The van der Waals surface area contributed by atoms with Crippen molar-refractivity contribution in [1.82, 2.24) is 0 Å². The SMILES string of the molecule is [C-]#[N+]C(C#N)=C1C=C(C=Cc2cc3c4c(c2)C(C)(C)CCN4CCC3(C)C)OC(C=Cc2cc3c4c(c2)C(C)(C)CCN4CCC3(C)C)=C1. The maximum absolute atomic E-state index is 9.79. The smallest absolute Gasteiger partial charge is 0.269 e. The molecule has 2 aromatic carbocycles. The average Bonchev–Trinajstić information content (AvgIpc) is 3.05. The summed E-state index contributed by atoms with van der Waals surface area (Å²) in [6, 6.07) is 11.5. The van der Waals surface area contributed by atoms with Gasteiger partial charge < -0.3 is 14.5 Å².